The number of nitriles is 1. The van der Waals surface area contributed by atoms with E-state index >= 15 is 0 Å². The highest BCUT2D eigenvalue weighted by molar-refractivity contribution is 5.91. The Morgan fingerprint density at radius 3 is 2.71 bits per heavy atom. The van der Waals surface area contributed by atoms with Gasteiger partial charge in [0.25, 0.3) is 5.91 Å². The maximum atomic E-state index is 11.6. The van der Waals surface area contributed by atoms with Gasteiger partial charge in [0.15, 0.2) is 5.76 Å². The van der Waals surface area contributed by atoms with Gasteiger partial charge in [0, 0.05) is 7.05 Å². The Morgan fingerprint density at radius 1 is 1.64 bits per heavy atom. The zero-order valence-electron chi connectivity index (χ0n) is 8.44. The van der Waals surface area contributed by atoms with E-state index in [-0.39, 0.29) is 11.7 Å². The molecule has 4 heteroatoms. The molecule has 74 valence electrons. The molecule has 0 radical (unpaired) electrons. The fourth-order valence-electron chi connectivity index (χ4n) is 0.986. The van der Waals surface area contributed by atoms with Gasteiger partial charge >= 0.3 is 0 Å². The molecule has 0 fully saturated rings. The summed E-state index contributed by atoms with van der Waals surface area (Å²) in [6.07, 6.45) is 0. The van der Waals surface area contributed by atoms with Gasteiger partial charge in [0.05, 0.1) is 6.07 Å². The predicted molar refractivity (Wildman–Crippen MR) is 50.6 cm³/mol. The van der Waals surface area contributed by atoms with Gasteiger partial charge in [0.2, 0.25) is 0 Å². The monoisotopic (exact) mass is 192 g/mol. The third kappa shape index (κ3) is 1.94. The van der Waals surface area contributed by atoms with Gasteiger partial charge in [-0.25, -0.2) is 0 Å². The quantitative estimate of drug-likeness (QED) is 0.714. The number of rotatable bonds is 2. The number of carbonyl (C=O) groups excluding carboxylic acids is 1. The van der Waals surface area contributed by atoms with Crippen molar-refractivity contribution < 1.29 is 9.21 Å². The summed E-state index contributed by atoms with van der Waals surface area (Å²) in [5, 5.41) is 8.63. The zero-order chi connectivity index (χ0) is 10.7. The van der Waals surface area contributed by atoms with Crippen LogP contribution in [-0.4, -0.2) is 23.9 Å². The van der Waals surface area contributed by atoms with Gasteiger partial charge in [0.1, 0.15) is 11.8 Å². The highest BCUT2D eigenvalue weighted by atomic mass is 16.3. The molecule has 1 heterocycles. The number of aryl methyl sites for hydroxylation is 1. The van der Waals surface area contributed by atoms with Gasteiger partial charge in [-0.05, 0) is 26.0 Å². The van der Waals surface area contributed by atoms with E-state index in [9.17, 15) is 4.79 Å². The van der Waals surface area contributed by atoms with Crippen LogP contribution in [-0.2, 0) is 0 Å². The lowest BCUT2D eigenvalue weighted by molar-refractivity contribution is 0.0740. The average molecular weight is 192 g/mol. The molecule has 0 spiro atoms. The van der Waals surface area contributed by atoms with E-state index < -0.39 is 6.04 Å². The average Bonchev–Trinajstić information content (AvgIpc) is 2.61. The normalized spacial score (nSPS) is 11.9. The molecule has 1 atom stereocenters. The third-order valence-electron chi connectivity index (χ3n) is 2.04. The number of nitrogens with zero attached hydrogens (tertiary/aromatic N) is 2. The lowest BCUT2D eigenvalue weighted by Gasteiger charge is -2.17. The third-order valence-corrected chi connectivity index (χ3v) is 2.04. The molecule has 1 aromatic rings. The lowest BCUT2D eigenvalue weighted by atomic mass is 10.3. The molecular formula is C10H12N2O2. The molecule has 1 amide bonds. The van der Waals surface area contributed by atoms with Gasteiger partial charge in [-0.2, -0.15) is 5.26 Å². The number of carbonyl (C=O) groups is 1. The molecule has 4 nitrogen and oxygen atoms in total. The summed E-state index contributed by atoms with van der Waals surface area (Å²) >= 11 is 0. The van der Waals surface area contributed by atoms with Gasteiger partial charge in [-0.1, -0.05) is 0 Å². The molecular weight excluding hydrogens is 180 g/mol. The summed E-state index contributed by atoms with van der Waals surface area (Å²) in [6, 6.07) is 4.86. The molecule has 0 N–H and O–H groups in total. The van der Waals surface area contributed by atoms with E-state index in [1.165, 1.54) is 4.90 Å². The molecule has 0 aliphatic heterocycles. The van der Waals surface area contributed by atoms with E-state index in [1.54, 1.807) is 33.0 Å². The van der Waals surface area contributed by atoms with Crippen LogP contribution < -0.4 is 0 Å². The molecule has 14 heavy (non-hydrogen) atoms. The first-order valence-corrected chi connectivity index (χ1v) is 4.29. The molecule has 0 bridgehead atoms. The predicted octanol–water partition coefficient (Wildman–Crippen LogP) is 1.57. The minimum atomic E-state index is -0.451. The van der Waals surface area contributed by atoms with Crippen LogP contribution in [0, 0.1) is 18.3 Å². The topological polar surface area (TPSA) is 57.2 Å². The van der Waals surface area contributed by atoms with Crippen molar-refractivity contribution >= 4 is 5.91 Å². The van der Waals surface area contributed by atoms with Gasteiger partial charge in [-0.3, -0.25) is 4.79 Å². The van der Waals surface area contributed by atoms with Crippen LogP contribution >= 0.6 is 0 Å². The molecule has 0 aliphatic rings. The Bertz CT molecular complexity index is 376. The Balaban J connectivity index is 2.81. The fraction of sp³-hybridized carbons (Fsp3) is 0.400. The van der Waals surface area contributed by atoms with E-state index in [0.717, 1.165) is 0 Å². The van der Waals surface area contributed by atoms with Crippen LogP contribution in [0.4, 0.5) is 0 Å². The molecule has 0 aliphatic carbocycles. The summed E-state index contributed by atoms with van der Waals surface area (Å²) in [6.45, 7) is 3.43. The first kappa shape index (κ1) is 10.3. The maximum Gasteiger partial charge on any atom is 0.290 e. The summed E-state index contributed by atoms with van der Waals surface area (Å²) < 4.78 is 5.16. The van der Waals surface area contributed by atoms with Crippen molar-refractivity contribution in [1.29, 1.82) is 5.26 Å². The summed E-state index contributed by atoms with van der Waals surface area (Å²) in [5.41, 5.74) is 0. The minimum Gasteiger partial charge on any atom is -0.456 e. The second-order valence-electron chi connectivity index (χ2n) is 3.13. The summed E-state index contributed by atoms with van der Waals surface area (Å²) in [5.74, 6) is 0.686. The zero-order valence-corrected chi connectivity index (χ0v) is 8.44. The highest BCUT2D eigenvalue weighted by Gasteiger charge is 2.19. The Hall–Kier alpha value is -1.76. The van der Waals surface area contributed by atoms with Crippen molar-refractivity contribution in [3.8, 4) is 6.07 Å². The van der Waals surface area contributed by atoms with E-state index in [4.69, 9.17) is 9.68 Å². The van der Waals surface area contributed by atoms with E-state index in [1.807, 2.05) is 6.07 Å². The highest BCUT2D eigenvalue weighted by Crippen LogP contribution is 2.10. The van der Waals surface area contributed by atoms with Crippen molar-refractivity contribution in [1.82, 2.24) is 4.90 Å². The SMILES string of the molecule is Cc1ccc(C(=O)N(C)C(C)C#N)o1. The van der Waals surface area contributed by atoms with Crippen LogP contribution in [0.2, 0.25) is 0 Å². The smallest absolute Gasteiger partial charge is 0.290 e. The molecule has 0 aromatic carbocycles. The van der Waals surface area contributed by atoms with Gasteiger partial charge in [-0.15, -0.1) is 0 Å². The lowest BCUT2D eigenvalue weighted by Crippen LogP contribution is -2.33. The number of hydrogen-bond donors (Lipinski definition) is 0. The number of furan rings is 1. The van der Waals surface area contributed by atoms with Crippen molar-refractivity contribution in [2.45, 2.75) is 19.9 Å². The van der Waals surface area contributed by atoms with Crippen LogP contribution in [0.1, 0.15) is 23.2 Å². The van der Waals surface area contributed by atoms with Crippen molar-refractivity contribution in [2.75, 3.05) is 7.05 Å². The molecule has 1 rings (SSSR count). The van der Waals surface area contributed by atoms with Crippen molar-refractivity contribution in [3.63, 3.8) is 0 Å². The van der Waals surface area contributed by atoms with Crippen molar-refractivity contribution in [2.24, 2.45) is 0 Å². The van der Waals surface area contributed by atoms with E-state index in [2.05, 4.69) is 0 Å². The minimum absolute atomic E-state index is 0.270. The maximum absolute atomic E-state index is 11.6. The summed E-state index contributed by atoms with van der Waals surface area (Å²) in [7, 11) is 1.58. The molecule has 0 saturated heterocycles. The van der Waals surface area contributed by atoms with Crippen LogP contribution in [0.3, 0.4) is 0 Å². The van der Waals surface area contributed by atoms with Crippen molar-refractivity contribution in [3.05, 3.63) is 23.7 Å². The molecule has 1 aromatic heterocycles. The van der Waals surface area contributed by atoms with Crippen LogP contribution in [0.15, 0.2) is 16.5 Å². The van der Waals surface area contributed by atoms with E-state index in [0.29, 0.717) is 5.76 Å². The standard InChI is InChI=1S/C10H12N2O2/c1-7(6-11)12(3)10(13)9-5-4-8(2)14-9/h4-5,7H,1-3H3. The first-order valence-electron chi connectivity index (χ1n) is 4.29. The largest absolute Gasteiger partial charge is 0.456 e. The Morgan fingerprint density at radius 2 is 2.29 bits per heavy atom. The summed E-state index contributed by atoms with van der Waals surface area (Å²) in [4.78, 5) is 13.0. The van der Waals surface area contributed by atoms with Gasteiger partial charge < -0.3 is 9.32 Å². The first-order chi connectivity index (χ1) is 6.56. The second kappa shape index (κ2) is 3.97. The number of hydrogen-bond acceptors (Lipinski definition) is 3. The Labute approximate surface area is 82.7 Å². The number of amides is 1. The van der Waals surface area contributed by atoms with Crippen LogP contribution in [0.25, 0.3) is 0 Å². The van der Waals surface area contributed by atoms with Crippen LogP contribution in [0.5, 0.6) is 0 Å². The fourth-order valence-corrected chi connectivity index (χ4v) is 0.986. The molecule has 0 saturated carbocycles. The Kier molecular flexibility index (Phi) is 2.92. The molecule has 1 unspecified atom stereocenters. The second-order valence-corrected chi connectivity index (χ2v) is 3.13.